The Kier molecular flexibility index (Phi) is 8.00. The van der Waals surface area contributed by atoms with Crippen LogP contribution in [0.3, 0.4) is 0 Å². The van der Waals surface area contributed by atoms with Crippen molar-refractivity contribution in [3.8, 4) is 39.7 Å². The molecule has 4 aromatic heterocycles. The van der Waals surface area contributed by atoms with E-state index in [2.05, 4.69) is 232 Å². The highest BCUT2D eigenvalue weighted by Crippen LogP contribution is 2.48. The van der Waals surface area contributed by atoms with Crippen molar-refractivity contribution in [2.45, 2.75) is 0 Å². The maximum atomic E-state index is 5.33. The average Bonchev–Trinajstić information content (AvgIpc) is 4.07. The Morgan fingerprint density at radius 2 is 0.783 bits per heavy atom. The minimum absolute atomic E-state index is 0.634. The lowest BCUT2D eigenvalue weighted by Gasteiger charge is -2.12. The van der Waals surface area contributed by atoms with Crippen molar-refractivity contribution in [3.05, 3.63) is 237 Å². The molecule has 0 bridgehead atoms. The van der Waals surface area contributed by atoms with Crippen molar-refractivity contribution in [2.75, 3.05) is 0 Å². The van der Waals surface area contributed by atoms with Crippen LogP contribution in [0, 0.1) is 0 Å². The molecule has 5 heteroatoms. The van der Waals surface area contributed by atoms with E-state index in [0.29, 0.717) is 5.95 Å². The first-order chi connectivity index (χ1) is 34.2. The molecule has 0 amide bonds. The lowest BCUT2D eigenvalue weighted by molar-refractivity contribution is 0.994. The molecular formula is C64H39N5. The number of fused-ring (bicyclic) bond motifs is 16. The molecule has 0 N–H and O–H groups in total. The fourth-order valence-corrected chi connectivity index (χ4v) is 11.4. The van der Waals surface area contributed by atoms with Crippen LogP contribution in [0.1, 0.15) is 0 Å². The standard InChI is InChI=1S/C64H39N5/c1-3-13-40(14-4-1)42-23-28-47(29-24-42)68-62-51(33-35-56-58(62)53-31-26-43-16-9-11-21-49(43)60(53)67(56)48-30-25-41-15-7-8-20-46(41)39-48)52-34-36-57-59(63(52)68)54-32-27-44-17-10-12-22-50(44)61(54)69(57)64-65-38-37-55(66-64)45-18-5-2-6-19-45/h1-39H. The molecule has 15 aromatic rings. The van der Waals surface area contributed by atoms with Crippen molar-refractivity contribution in [2.24, 2.45) is 0 Å². The zero-order valence-electron chi connectivity index (χ0n) is 37.3. The lowest BCUT2D eigenvalue weighted by atomic mass is 10.0. The largest absolute Gasteiger partial charge is 0.309 e. The summed E-state index contributed by atoms with van der Waals surface area (Å²) in [5.41, 5.74) is 13.3. The van der Waals surface area contributed by atoms with Crippen LogP contribution in [0.2, 0.25) is 0 Å². The highest BCUT2D eigenvalue weighted by molar-refractivity contribution is 6.34. The summed E-state index contributed by atoms with van der Waals surface area (Å²) in [5, 5.41) is 14.3. The van der Waals surface area contributed by atoms with E-state index < -0.39 is 0 Å². The van der Waals surface area contributed by atoms with Gasteiger partial charge >= 0.3 is 0 Å². The summed E-state index contributed by atoms with van der Waals surface area (Å²) in [6.07, 6.45) is 1.89. The minimum atomic E-state index is 0.634. The molecule has 0 spiro atoms. The molecule has 0 saturated heterocycles. The first kappa shape index (κ1) is 37.9. The topological polar surface area (TPSA) is 40.6 Å². The number of benzene rings is 11. The summed E-state index contributed by atoms with van der Waals surface area (Å²) in [5.74, 6) is 0.634. The van der Waals surface area contributed by atoms with E-state index in [4.69, 9.17) is 9.97 Å². The Labute approximate surface area is 396 Å². The Morgan fingerprint density at radius 1 is 0.290 bits per heavy atom. The summed E-state index contributed by atoms with van der Waals surface area (Å²) in [6.45, 7) is 0. The third-order valence-electron chi connectivity index (χ3n) is 14.5. The maximum Gasteiger partial charge on any atom is 0.235 e. The van der Waals surface area contributed by atoms with Gasteiger partial charge in [0, 0.05) is 66.2 Å². The monoisotopic (exact) mass is 877 g/mol. The van der Waals surface area contributed by atoms with Gasteiger partial charge in [0.2, 0.25) is 5.95 Å². The molecule has 0 aliphatic heterocycles. The molecule has 69 heavy (non-hydrogen) atoms. The summed E-state index contributed by atoms with van der Waals surface area (Å²) in [4.78, 5) is 10.4. The van der Waals surface area contributed by atoms with Gasteiger partial charge in [-0.15, -0.1) is 0 Å². The molecule has 5 nitrogen and oxygen atoms in total. The Morgan fingerprint density at radius 3 is 1.43 bits per heavy atom. The fraction of sp³-hybridized carbons (Fsp3) is 0. The molecule has 0 saturated carbocycles. The summed E-state index contributed by atoms with van der Waals surface area (Å²) in [6, 6.07) is 83.8. The van der Waals surface area contributed by atoms with Crippen LogP contribution >= 0.6 is 0 Å². The smallest absolute Gasteiger partial charge is 0.235 e. The zero-order valence-corrected chi connectivity index (χ0v) is 37.3. The van der Waals surface area contributed by atoms with E-state index in [-0.39, 0.29) is 0 Å². The first-order valence-electron chi connectivity index (χ1n) is 23.6. The van der Waals surface area contributed by atoms with Crippen LogP contribution in [0.4, 0.5) is 0 Å². The Balaban J connectivity index is 1.13. The summed E-state index contributed by atoms with van der Waals surface area (Å²) in [7, 11) is 0. The third kappa shape index (κ3) is 5.53. The van der Waals surface area contributed by atoms with Gasteiger partial charge in [-0.25, -0.2) is 9.97 Å². The number of hydrogen-bond acceptors (Lipinski definition) is 2. The zero-order chi connectivity index (χ0) is 45.2. The average molecular weight is 878 g/mol. The van der Waals surface area contributed by atoms with Gasteiger partial charge in [-0.2, -0.15) is 0 Å². The highest BCUT2D eigenvalue weighted by atomic mass is 15.2. The summed E-state index contributed by atoms with van der Waals surface area (Å²) >= 11 is 0. The molecule has 15 rings (SSSR count). The SMILES string of the molecule is c1ccc(-c2ccc(-n3c4c(ccc5c4c4ccc6ccccc6c4n5-c4ccc5ccccc5c4)c4ccc5c(c6ccc7ccccc7c6n5-c5nccc(-c6ccccc6)n5)c43)cc2)cc1. The second kappa shape index (κ2) is 14.6. The van der Waals surface area contributed by atoms with Gasteiger partial charge in [-0.1, -0.05) is 188 Å². The Hall–Kier alpha value is -9.32. The van der Waals surface area contributed by atoms with E-state index in [1.165, 1.54) is 65.3 Å². The number of hydrogen-bond donors (Lipinski definition) is 0. The van der Waals surface area contributed by atoms with Crippen molar-refractivity contribution < 1.29 is 0 Å². The lowest BCUT2D eigenvalue weighted by Crippen LogP contribution is -2.02. The minimum Gasteiger partial charge on any atom is -0.309 e. The van der Waals surface area contributed by atoms with Gasteiger partial charge in [-0.05, 0) is 75.1 Å². The molecule has 11 aromatic carbocycles. The second-order valence-corrected chi connectivity index (χ2v) is 18.1. The van der Waals surface area contributed by atoms with E-state index in [1.54, 1.807) is 0 Å². The Bertz CT molecular complexity index is 4580. The van der Waals surface area contributed by atoms with E-state index in [1.807, 2.05) is 18.3 Å². The molecule has 0 fully saturated rings. The predicted octanol–water partition coefficient (Wildman–Crippen LogP) is 16.6. The van der Waals surface area contributed by atoms with Crippen LogP contribution in [0.15, 0.2) is 237 Å². The highest BCUT2D eigenvalue weighted by Gasteiger charge is 2.27. The number of nitrogens with zero attached hydrogens (tertiary/aromatic N) is 5. The van der Waals surface area contributed by atoms with Gasteiger partial charge in [0.05, 0.1) is 38.8 Å². The quantitative estimate of drug-likeness (QED) is 0.173. The van der Waals surface area contributed by atoms with Crippen LogP contribution < -0.4 is 0 Å². The van der Waals surface area contributed by atoms with Crippen molar-refractivity contribution in [1.82, 2.24) is 23.7 Å². The normalized spacial score (nSPS) is 12.1. The maximum absolute atomic E-state index is 5.33. The fourth-order valence-electron chi connectivity index (χ4n) is 11.4. The second-order valence-electron chi connectivity index (χ2n) is 18.1. The van der Waals surface area contributed by atoms with Crippen LogP contribution in [0.25, 0.3) is 137 Å². The van der Waals surface area contributed by atoms with E-state index in [9.17, 15) is 0 Å². The van der Waals surface area contributed by atoms with Crippen LogP contribution in [0.5, 0.6) is 0 Å². The van der Waals surface area contributed by atoms with E-state index in [0.717, 1.165) is 66.2 Å². The van der Waals surface area contributed by atoms with Gasteiger partial charge in [0.25, 0.3) is 0 Å². The first-order valence-corrected chi connectivity index (χ1v) is 23.6. The van der Waals surface area contributed by atoms with E-state index >= 15 is 0 Å². The van der Waals surface area contributed by atoms with Crippen LogP contribution in [-0.4, -0.2) is 23.7 Å². The molecule has 0 radical (unpaired) electrons. The molecule has 0 aliphatic carbocycles. The molecule has 0 aliphatic rings. The number of aromatic nitrogens is 5. The van der Waals surface area contributed by atoms with Gasteiger partial charge in [-0.3, -0.25) is 4.57 Å². The van der Waals surface area contributed by atoms with Gasteiger partial charge < -0.3 is 9.13 Å². The number of rotatable bonds is 5. The van der Waals surface area contributed by atoms with Crippen molar-refractivity contribution >= 4 is 97.7 Å². The molecule has 0 unspecified atom stereocenters. The van der Waals surface area contributed by atoms with Crippen LogP contribution in [-0.2, 0) is 0 Å². The molecule has 0 atom stereocenters. The van der Waals surface area contributed by atoms with Crippen molar-refractivity contribution in [1.29, 1.82) is 0 Å². The van der Waals surface area contributed by atoms with Crippen molar-refractivity contribution in [3.63, 3.8) is 0 Å². The summed E-state index contributed by atoms with van der Waals surface area (Å²) < 4.78 is 7.36. The van der Waals surface area contributed by atoms with Gasteiger partial charge in [0.1, 0.15) is 0 Å². The predicted molar refractivity (Wildman–Crippen MR) is 288 cm³/mol. The van der Waals surface area contributed by atoms with Gasteiger partial charge in [0.15, 0.2) is 0 Å². The molecule has 320 valence electrons. The molecular weight excluding hydrogens is 839 g/mol. The molecule has 4 heterocycles. The third-order valence-corrected chi connectivity index (χ3v) is 14.5.